The smallest absolute Gasteiger partial charge is 0.127 e. The van der Waals surface area contributed by atoms with Gasteiger partial charge in [0.25, 0.3) is 0 Å². The summed E-state index contributed by atoms with van der Waals surface area (Å²) in [5.41, 5.74) is 13.7. The number of aromatic hydroxyl groups is 1. The number of phenols is 1. The molecule has 7 rings (SSSR count). The summed E-state index contributed by atoms with van der Waals surface area (Å²) < 4.78 is 1.06. The molecule has 0 bridgehead atoms. The van der Waals surface area contributed by atoms with Gasteiger partial charge in [-0.1, -0.05) is 115 Å². The van der Waals surface area contributed by atoms with Crippen molar-refractivity contribution in [2.24, 2.45) is 0 Å². The van der Waals surface area contributed by atoms with Gasteiger partial charge < -0.3 is 5.11 Å². The summed E-state index contributed by atoms with van der Waals surface area (Å²) >= 11 is 1.59. The van der Waals surface area contributed by atoms with Crippen LogP contribution in [0, 0.1) is 26.8 Å². The van der Waals surface area contributed by atoms with Crippen molar-refractivity contribution in [1.29, 1.82) is 0 Å². The Morgan fingerprint density at radius 2 is 1.38 bits per heavy atom. The number of aryl methyl sites for hydroxylation is 3. The molecular weight excluding hydrogens is 776 g/mol. The number of benzene rings is 5. The molecule has 236 valence electrons. The van der Waals surface area contributed by atoms with Gasteiger partial charge in [0.05, 0.1) is 11.1 Å². The van der Waals surface area contributed by atoms with Crippen molar-refractivity contribution in [1.82, 2.24) is 9.97 Å². The van der Waals surface area contributed by atoms with Gasteiger partial charge >= 0.3 is 0 Å². The molecule has 0 aliphatic rings. The van der Waals surface area contributed by atoms with E-state index in [1.807, 2.05) is 24.4 Å². The van der Waals surface area contributed by atoms with E-state index in [-0.39, 0.29) is 32.2 Å². The molecule has 0 saturated carbocycles. The molecule has 5 heteroatoms. The summed E-state index contributed by atoms with van der Waals surface area (Å²) in [6.07, 6.45) is 2.00. The average molecular weight is 811 g/mol. The minimum atomic E-state index is -0.176. The Kier molecular flexibility index (Phi) is 9.03. The fourth-order valence-electron chi connectivity index (χ4n) is 6.51. The molecule has 3 nitrogen and oxygen atoms in total. The van der Waals surface area contributed by atoms with Crippen LogP contribution in [-0.4, -0.2) is 15.1 Å². The van der Waals surface area contributed by atoms with Gasteiger partial charge in [-0.25, -0.2) is 4.98 Å². The number of hydrogen-bond acceptors (Lipinski definition) is 4. The zero-order chi connectivity index (χ0) is 32.0. The minimum absolute atomic E-state index is 0. The van der Waals surface area contributed by atoms with Crippen LogP contribution in [0.4, 0.5) is 0 Å². The second kappa shape index (κ2) is 13.0. The van der Waals surface area contributed by atoms with Crippen molar-refractivity contribution in [2.75, 3.05) is 0 Å². The van der Waals surface area contributed by atoms with Crippen LogP contribution in [0.1, 0.15) is 41.7 Å². The van der Waals surface area contributed by atoms with Gasteiger partial charge in [0, 0.05) is 43.1 Å². The van der Waals surface area contributed by atoms with E-state index in [4.69, 9.17) is 9.97 Å². The third-order valence-electron chi connectivity index (χ3n) is 8.93. The molecule has 47 heavy (non-hydrogen) atoms. The summed E-state index contributed by atoms with van der Waals surface area (Å²) in [7, 11) is 0. The van der Waals surface area contributed by atoms with Gasteiger partial charge in [-0.15, -0.1) is 35.1 Å². The monoisotopic (exact) mass is 810 g/mol. The van der Waals surface area contributed by atoms with Crippen LogP contribution in [0.3, 0.4) is 0 Å². The number of pyridine rings is 1. The number of aromatic nitrogens is 2. The zero-order valence-electron chi connectivity index (χ0n) is 27.0. The molecule has 0 spiro atoms. The molecule has 0 saturated heterocycles. The van der Waals surface area contributed by atoms with Crippen molar-refractivity contribution in [2.45, 2.75) is 40.0 Å². The first kappa shape index (κ1) is 32.6. The topological polar surface area (TPSA) is 46.0 Å². The molecule has 7 aromatic rings. The number of fused-ring (bicyclic) bond motifs is 1. The van der Waals surface area contributed by atoms with Crippen molar-refractivity contribution < 1.29 is 26.2 Å². The van der Waals surface area contributed by atoms with E-state index in [2.05, 4.69) is 126 Å². The van der Waals surface area contributed by atoms with Crippen LogP contribution in [0.15, 0.2) is 115 Å². The quantitative estimate of drug-likeness (QED) is 0.170. The van der Waals surface area contributed by atoms with E-state index in [0.29, 0.717) is 0 Å². The number of rotatable bonds is 6. The first-order valence-electron chi connectivity index (χ1n) is 15.6. The minimum Gasteiger partial charge on any atom is -0.507 e. The first-order chi connectivity index (χ1) is 22.2. The van der Waals surface area contributed by atoms with Gasteiger partial charge in [0.2, 0.25) is 0 Å². The molecule has 1 N–H and O–H groups in total. The molecule has 0 radical (unpaired) electrons. The fourth-order valence-corrected chi connectivity index (χ4v) is 7.54. The molecular formula is C42H35N2OPtS-. The van der Waals surface area contributed by atoms with E-state index < -0.39 is 0 Å². The summed E-state index contributed by atoms with van der Waals surface area (Å²) in [6.45, 7) is 11.0. The maximum absolute atomic E-state index is 10.6. The van der Waals surface area contributed by atoms with E-state index >= 15 is 0 Å². The van der Waals surface area contributed by atoms with Gasteiger partial charge in [0.1, 0.15) is 10.8 Å². The van der Waals surface area contributed by atoms with E-state index in [1.165, 1.54) is 27.8 Å². The van der Waals surface area contributed by atoms with Crippen LogP contribution < -0.4 is 0 Å². The van der Waals surface area contributed by atoms with Crippen molar-refractivity contribution in [3.8, 4) is 49.8 Å². The predicted molar refractivity (Wildman–Crippen MR) is 192 cm³/mol. The third kappa shape index (κ3) is 6.21. The normalized spacial score (nSPS) is 11.4. The second-order valence-electron chi connectivity index (χ2n) is 12.6. The van der Waals surface area contributed by atoms with Crippen molar-refractivity contribution in [3.05, 3.63) is 149 Å². The van der Waals surface area contributed by atoms with Crippen LogP contribution in [0.2, 0.25) is 0 Å². The first-order valence-corrected chi connectivity index (χ1v) is 16.4. The Balaban J connectivity index is 0.00000386. The summed E-state index contributed by atoms with van der Waals surface area (Å²) in [4.78, 5) is 10.1. The van der Waals surface area contributed by atoms with Gasteiger partial charge in [-0.05, 0) is 66.8 Å². The van der Waals surface area contributed by atoms with Gasteiger partial charge in [-0.3, -0.25) is 4.98 Å². The standard InChI is InChI=1S/C42H35N2OS.Pt/c1-26-20-27(2)39(28(3)21-26)31-23-29(34-15-11-17-38-40(34)44-41(46-38)35-14-9-10-16-37(35)45)22-30(24-31)36-19-18-33(25-43-36)42(4,5)32-12-7-6-8-13-32;/h6-21,23-25,45H,1-5H3;/q-1;. The number of thiazole rings is 1. The van der Waals surface area contributed by atoms with Gasteiger partial charge in [-0.2, -0.15) is 0 Å². The summed E-state index contributed by atoms with van der Waals surface area (Å²) in [5.74, 6) is 0.231. The van der Waals surface area contributed by atoms with Crippen LogP contribution in [-0.2, 0) is 26.5 Å². The number of para-hydroxylation sites is 2. The molecule has 0 fully saturated rings. The molecule has 0 aliphatic heterocycles. The van der Waals surface area contributed by atoms with Crippen molar-refractivity contribution in [3.63, 3.8) is 0 Å². The molecule has 2 heterocycles. The second-order valence-corrected chi connectivity index (χ2v) is 13.6. The summed E-state index contributed by atoms with van der Waals surface area (Å²) in [5, 5.41) is 11.4. The van der Waals surface area contributed by atoms with E-state index in [1.54, 1.807) is 17.4 Å². The molecule has 2 aromatic heterocycles. The number of nitrogens with zero attached hydrogens (tertiary/aromatic N) is 2. The molecule has 5 aromatic carbocycles. The fraction of sp³-hybridized carbons (Fsp3) is 0.143. The van der Waals surface area contributed by atoms with E-state index in [0.717, 1.165) is 54.3 Å². The summed E-state index contributed by atoms with van der Waals surface area (Å²) in [6, 6.07) is 41.2. The van der Waals surface area contributed by atoms with Gasteiger partial charge in [0.15, 0.2) is 0 Å². The van der Waals surface area contributed by atoms with Crippen molar-refractivity contribution >= 4 is 21.6 Å². The largest absolute Gasteiger partial charge is 0.507 e. The Morgan fingerprint density at radius 3 is 2.09 bits per heavy atom. The number of phenolic OH excluding ortho intramolecular Hbond substituents is 1. The Morgan fingerprint density at radius 1 is 0.702 bits per heavy atom. The van der Waals surface area contributed by atoms with Crippen LogP contribution in [0.25, 0.3) is 54.3 Å². The molecule has 0 atom stereocenters. The maximum atomic E-state index is 10.6. The van der Waals surface area contributed by atoms with E-state index in [9.17, 15) is 5.11 Å². The van der Waals surface area contributed by atoms with Crippen LogP contribution >= 0.6 is 11.3 Å². The third-order valence-corrected chi connectivity index (χ3v) is 9.99. The Labute approximate surface area is 295 Å². The molecule has 0 amide bonds. The maximum Gasteiger partial charge on any atom is 0.127 e. The SMILES string of the molecule is Cc1cc(C)c(-c2cc(-c3ccc(C(C)(C)c4ccccc4)cn3)[c-]c(-c3cccc4sc(-c5ccccc5O)nc34)c2)c(C)c1.[Pt]. The molecule has 0 unspecified atom stereocenters. The molecule has 0 aliphatic carbocycles. The number of hydrogen-bond donors (Lipinski definition) is 1. The average Bonchev–Trinajstić information content (AvgIpc) is 3.49. The predicted octanol–water partition coefficient (Wildman–Crippen LogP) is 11.1. The zero-order valence-corrected chi connectivity index (χ0v) is 30.1. The Hall–Kier alpha value is -4.37. The Bertz CT molecular complexity index is 2200. The van der Waals surface area contributed by atoms with Crippen LogP contribution in [0.5, 0.6) is 5.75 Å².